The van der Waals surface area contributed by atoms with E-state index in [1.807, 2.05) is 12.1 Å². The Kier molecular flexibility index (Phi) is 5.22. The van der Waals surface area contributed by atoms with Crippen molar-refractivity contribution < 1.29 is 0 Å². The molecule has 1 aromatic rings. The minimum absolute atomic E-state index is 0.705. The molecular weight excluding hydrogens is 236 g/mol. The summed E-state index contributed by atoms with van der Waals surface area (Å²) < 4.78 is 0.814. The highest BCUT2D eigenvalue weighted by Crippen LogP contribution is 2.20. The summed E-state index contributed by atoms with van der Waals surface area (Å²) in [6.45, 7) is 3.76. The molecule has 5 heteroatoms. The molecule has 2 nitrogen and oxygen atoms in total. The Morgan fingerprint density at radius 3 is 2.86 bits per heavy atom. The standard InChI is InChI=1S/C9H13ClN2S2/c1-2-5-11-9(13)12-6-7-3-4-8(10)14-7/h3-4H,2,5-6H2,1H3,(H2,11,12,13). The molecule has 0 fully saturated rings. The normalized spacial score (nSPS) is 9.86. The maximum absolute atomic E-state index is 5.80. The molecule has 0 aliphatic heterocycles. The predicted molar refractivity (Wildman–Crippen MR) is 67.1 cm³/mol. The maximum atomic E-state index is 5.80. The first-order valence-electron chi connectivity index (χ1n) is 4.48. The Hall–Kier alpha value is -0.320. The minimum Gasteiger partial charge on any atom is -0.363 e. The van der Waals surface area contributed by atoms with Gasteiger partial charge >= 0.3 is 0 Å². The van der Waals surface area contributed by atoms with E-state index in [-0.39, 0.29) is 0 Å². The number of nitrogens with one attached hydrogen (secondary N) is 2. The highest BCUT2D eigenvalue weighted by molar-refractivity contribution is 7.80. The second-order valence-corrected chi connectivity index (χ2v) is 5.02. The van der Waals surface area contributed by atoms with Gasteiger partial charge in [-0.2, -0.15) is 0 Å². The van der Waals surface area contributed by atoms with Gasteiger partial charge in [-0.3, -0.25) is 0 Å². The Labute approximate surface area is 98.7 Å². The van der Waals surface area contributed by atoms with Crippen LogP contribution in [-0.4, -0.2) is 11.7 Å². The number of hydrogen-bond acceptors (Lipinski definition) is 2. The molecule has 78 valence electrons. The summed E-state index contributed by atoms with van der Waals surface area (Å²) >= 11 is 12.4. The van der Waals surface area contributed by atoms with Crippen LogP contribution in [0.1, 0.15) is 18.2 Å². The van der Waals surface area contributed by atoms with Gasteiger partial charge in [0.05, 0.1) is 10.9 Å². The van der Waals surface area contributed by atoms with E-state index in [1.54, 1.807) is 11.3 Å². The van der Waals surface area contributed by atoms with Crippen molar-refractivity contribution in [1.82, 2.24) is 10.6 Å². The summed E-state index contributed by atoms with van der Waals surface area (Å²) in [6.07, 6.45) is 1.08. The Morgan fingerprint density at radius 2 is 2.29 bits per heavy atom. The number of hydrogen-bond donors (Lipinski definition) is 2. The lowest BCUT2D eigenvalue weighted by Gasteiger charge is -2.07. The highest BCUT2D eigenvalue weighted by atomic mass is 35.5. The zero-order chi connectivity index (χ0) is 10.4. The van der Waals surface area contributed by atoms with Crippen LogP contribution in [0, 0.1) is 0 Å². The zero-order valence-corrected chi connectivity index (χ0v) is 10.4. The fourth-order valence-electron chi connectivity index (χ4n) is 0.915. The number of halogens is 1. The van der Waals surface area contributed by atoms with Gasteiger partial charge in [-0.05, 0) is 30.8 Å². The average Bonchev–Trinajstić information content (AvgIpc) is 2.58. The molecule has 14 heavy (non-hydrogen) atoms. The Morgan fingerprint density at radius 1 is 1.50 bits per heavy atom. The Balaban J connectivity index is 2.23. The topological polar surface area (TPSA) is 24.1 Å². The maximum Gasteiger partial charge on any atom is 0.166 e. The molecule has 0 atom stereocenters. The molecule has 1 aromatic heterocycles. The lowest BCUT2D eigenvalue weighted by Crippen LogP contribution is -2.34. The van der Waals surface area contributed by atoms with Gasteiger partial charge < -0.3 is 10.6 Å². The van der Waals surface area contributed by atoms with Crippen LogP contribution in [0.3, 0.4) is 0 Å². The second-order valence-electron chi connectivity index (χ2n) is 2.82. The Bertz CT molecular complexity index is 299. The summed E-state index contributed by atoms with van der Waals surface area (Å²) in [5, 5.41) is 6.93. The van der Waals surface area contributed by atoms with Gasteiger partial charge in [0.1, 0.15) is 0 Å². The van der Waals surface area contributed by atoms with Crippen LogP contribution in [0.25, 0.3) is 0 Å². The second kappa shape index (κ2) is 6.22. The monoisotopic (exact) mass is 248 g/mol. The number of thiocarbonyl (C=S) groups is 1. The van der Waals surface area contributed by atoms with Gasteiger partial charge in [0.15, 0.2) is 5.11 Å². The van der Waals surface area contributed by atoms with E-state index in [1.165, 1.54) is 4.88 Å². The number of thiophene rings is 1. The van der Waals surface area contributed by atoms with Gasteiger partial charge in [-0.15, -0.1) is 11.3 Å². The van der Waals surface area contributed by atoms with Gasteiger partial charge in [0.2, 0.25) is 0 Å². The van der Waals surface area contributed by atoms with Crippen molar-refractivity contribution in [3.8, 4) is 0 Å². The van der Waals surface area contributed by atoms with E-state index in [9.17, 15) is 0 Å². The summed E-state index contributed by atoms with van der Waals surface area (Å²) in [7, 11) is 0. The smallest absolute Gasteiger partial charge is 0.166 e. The molecule has 0 aliphatic rings. The van der Waals surface area contributed by atoms with Crippen molar-refractivity contribution in [2.75, 3.05) is 6.54 Å². The van der Waals surface area contributed by atoms with E-state index in [0.29, 0.717) is 5.11 Å². The van der Waals surface area contributed by atoms with E-state index in [4.69, 9.17) is 23.8 Å². The van der Waals surface area contributed by atoms with Crippen LogP contribution in [0.5, 0.6) is 0 Å². The van der Waals surface area contributed by atoms with Gasteiger partial charge in [0, 0.05) is 11.4 Å². The van der Waals surface area contributed by atoms with Crippen molar-refractivity contribution in [2.45, 2.75) is 19.9 Å². The molecule has 0 unspecified atom stereocenters. The molecule has 0 aliphatic carbocycles. The molecule has 0 bridgehead atoms. The zero-order valence-electron chi connectivity index (χ0n) is 7.97. The highest BCUT2D eigenvalue weighted by Gasteiger charge is 1.98. The summed E-state index contributed by atoms with van der Waals surface area (Å²) in [4.78, 5) is 1.19. The van der Waals surface area contributed by atoms with Crippen molar-refractivity contribution >= 4 is 40.3 Å². The average molecular weight is 249 g/mol. The molecule has 2 N–H and O–H groups in total. The summed E-state index contributed by atoms with van der Waals surface area (Å²) in [6, 6.07) is 3.90. The van der Waals surface area contributed by atoms with Crippen molar-refractivity contribution in [3.05, 3.63) is 21.3 Å². The quantitative estimate of drug-likeness (QED) is 0.802. The molecule has 1 heterocycles. The molecule has 0 aromatic carbocycles. The molecule has 0 radical (unpaired) electrons. The van der Waals surface area contributed by atoms with Crippen LogP contribution in [0.2, 0.25) is 4.34 Å². The van der Waals surface area contributed by atoms with Crippen LogP contribution >= 0.6 is 35.2 Å². The van der Waals surface area contributed by atoms with E-state index in [2.05, 4.69) is 17.6 Å². The third kappa shape index (κ3) is 4.26. The first-order valence-corrected chi connectivity index (χ1v) is 6.08. The SMILES string of the molecule is CCCNC(=S)NCc1ccc(Cl)s1. The number of rotatable bonds is 4. The van der Waals surface area contributed by atoms with Gasteiger partial charge in [0.25, 0.3) is 0 Å². The van der Waals surface area contributed by atoms with E-state index < -0.39 is 0 Å². The largest absolute Gasteiger partial charge is 0.363 e. The molecule has 0 saturated heterocycles. The molecule has 1 rings (SSSR count). The summed E-state index contributed by atoms with van der Waals surface area (Å²) in [5.41, 5.74) is 0. The van der Waals surface area contributed by atoms with E-state index >= 15 is 0 Å². The van der Waals surface area contributed by atoms with Gasteiger partial charge in [-0.1, -0.05) is 18.5 Å². The summed E-state index contributed by atoms with van der Waals surface area (Å²) in [5.74, 6) is 0. The van der Waals surface area contributed by atoms with Crippen LogP contribution in [0.15, 0.2) is 12.1 Å². The first kappa shape index (κ1) is 11.8. The van der Waals surface area contributed by atoms with Crippen LogP contribution in [-0.2, 0) is 6.54 Å². The third-order valence-corrected chi connectivity index (χ3v) is 3.11. The first-order chi connectivity index (χ1) is 6.72. The van der Waals surface area contributed by atoms with Crippen LogP contribution < -0.4 is 10.6 Å². The fourth-order valence-corrected chi connectivity index (χ4v) is 2.12. The molecule has 0 amide bonds. The lowest BCUT2D eigenvalue weighted by molar-refractivity contribution is 0.803. The molecular formula is C9H13ClN2S2. The van der Waals surface area contributed by atoms with Crippen molar-refractivity contribution in [3.63, 3.8) is 0 Å². The predicted octanol–water partition coefficient (Wildman–Crippen LogP) is 2.78. The fraction of sp³-hybridized carbons (Fsp3) is 0.444. The molecule has 0 saturated carbocycles. The van der Waals surface area contributed by atoms with Crippen LogP contribution in [0.4, 0.5) is 0 Å². The minimum atomic E-state index is 0.705. The third-order valence-electron chi connectivity index (χ3n) is 1.59. The van der Waals surface area contributed by atoms with Gasteiger partial charge in [-0.25, -0.2) is 0 Å². The lowest BCUT2D eigenvalue weighted by atomic mass is 10.4. The van der Waals surface area contributed by atoms with Crippen molar-refractivity contribution in [2.24, 2.45) is 0 Å². The van der Waals surface area contributed by atoms with Crippen molar-refractivity contribution in [1.29, 1.82) is 0 Å². The molecule has 0 spiro atoms. The van der Waals surface area contributed by atoms with E-state index in [0.717, 1.165) is 23.8 Å².